The molecule has 4 amide bonds. The molecule has 0 heterocycles. The van der Waals surface area contributed by atoms with Crippen molar-refractivity contribution >= 4 is 29.6 Å². The number of phenols is 1. The van der Waals surface area contributed by atoms with Gasteiger partial charge in [-0.3, -0.25) is 24.0 Å². The van der Waals surface area contributed by atoms with Gasteiger partial charge in [0.15, 0.2) is 0 Å². The summed E-state index contributed by atoms with van der Waals surface area (Å²) in [7, 11) is 0. The maximum atomic E-state index is 13.0. The highest BCUT2D eigenvalue weighted by Gasteiger charge is 2.31. The maximum absolute atomic E-state index is 13.0. The molecular formula is C21H31N5O7. The van der Waals surface area contributed by atoms with E-state index >= 15 is 0 Å². The average molecular weight is 466 g/mol. The molecule has 0 saturated heterocycles. The maximum Gasteiger partial charge on any atom is 0.325 e. The van der Waals surface area contributed by atoms with Gasteiger partial charge in [-0.15, -0.1) is 0 Å². The van der Waals surface area contributed by atoms with Crippen LogP contribution in [-0.4, -0.2) is 64.0 Å². The van der Waals surface area contributed by atoms with Gasteiger partial charge >= 0.3 is 5.97 Å². The fourth-order valence-electron chi connectivity index (χ4n) is 2.82. The topological polar surface area (TPSA) is 214 Å². The van der Waals surface area contributed by atoms with Gasteiger partial charge in [0.2, 0.25) is 23.6 Å². The molecule has 0 aliphatic carbocycles. The number of phenolic OH excluding ortho intramolecular Hbond substituents is 1. The summed E-state index contributed by atoms with van der Waals surface area (Å²) in [6.45, 7) is 4.60. The Morgan fingerprint density at radius 1 is 0.909 bits per heavy atom. The Hall–Kier alpha value is -3.67. The first-order chi connectivity index (χ1) is 15.3. The third-order valence-electron chi connectivity index (χ3n) is 4.74. The summed E-state index contributed by atoms with van der Waals surface area (Å²) >= 11 is 0. The van der Waals surface area contributed by atoms with Crippen LogP contribution in [0.2, 0.25) is 0 Å². The van der Waals surface area contributed by atoms with E-state index < -0.39 is 66.1 Å². The number of aliphatic carboxylic acids is 1. The van der Waals surface area contributed by atoms with Crippen LogP contribution in [0.25, 0.3) is 0 Å². The first kappa shape index (κ1) is 27.4. The van der Waals surface area contributed by atoms with Gasteiger partial charge in [0.1, 0.15) is 23.9 Å². The number of hydrogen-bond acceptors (Lipinski definition) is 7. The van der Waals surface area contributed by atoms with E-state index in [0.717, 1.165) is 0 Å². The molecule has 4 unspecified atom stereocenters. The van der Waals surface area contributed by atoms with Crippen LogP contribution in [0.3, 0.4) is 0 Å². The molecule has 0 fully saturated rings. The van der Waals surface area contributed by atoms with Crippen molar-refractivity contribution in [2.75, 3.05) is 0 Å². The van der Waals surface area contributed by atoms with Crippen LogP contribution in [0.15, 0.2) is 24.3 Å². The molecule has 1 rings (SSSR count). The van der Waals surface area contributed by atoms with E-state index in [2.05, 4.69) is 16.0 Å². The number of primary amides is 1. The third kappa shape index (κ3) is 9.15. The summed E-state index contributed by atoms with van der Waals surface area (Å²) < 4.78 is 0. The molecule has 0 saturated carbocycles. The number of benzene rings is 1. The highest BCUT2D eigenvalue weighted by molar-refractivity contribution is 5.95. The second-order valence-electron chi connectivity index (χ2n) is 8.01. The van der Waals surface area contributed by atoms with Crippen LogP contribution in [0.5, 0.6) is 5.75 Å². The molecule has 12 heteroatoms. The SMILES string of the molecule is CC(NC(=O)C(NC(=O)C(Cc1ccc(O)cc1)NC(=O)C(N)CC(N)=O)C(C)C)C(=O)O. The predicted molar refractivity (Wildman–Crippen MR) is 118 cm³/mol. The molecule has 0 aromatic heterocycles. The molecule has 1 aromatic rings. The fourth-order valence-corrected chi connectivity index (χ4v) is 2.82. The van der Waals surface area contributed by atoms with E-state index in [9.17, 15) is 29.1 Å². The molecule has 0 spiro atoms. The van der Waals surface area contributed by atoms with E-state index in [0.29, 0.717) is 5.56 Å². The summed E-state index contributed by atoms with van der Waals surface area (Å²) in [4.78, 5) is 60.1. The molecule has 182 valence electrons. The fraction of sp³-hybridized carbons (Fsp3) is 0.476. The number of carboxylic acid groups (broad SMARTS) is 1. The van der Waals surface area contributed by atoms with Crippen molar-refractivity contribution in [1.82, 2.24) is 16.0 Å². The summed E-state index contributed by atoms with van der Waals surface area (Å²) in [6.07, 6.45) is -0.442. The minimum absolute atomic E-state index is 0.0105. The van der Waals surface area contributed by atoms with Gasteiger partial charge in [0.05, 0.1) is 12.5 Å². The average Bonchev–Trinajstić information content (AvgIpc) is 2.71. The van der Waals surface area contributed by atoms with Gasteiger partial charge in [-0.2, -0.15) is 0 Å². The Kier molecular flexibility index (Phi) is 10.3. The Morgan fingerprint density at radius 3 is 1.97 bits per heavy atom. The summed E-state index contributed by atoms with van der Waals surface area (Å²) in [5.74, 6) is -4.64. The van der Waals surface area contributed by atoms with Crippen molar-refractivity contribution in [3.63, 3.8) is 0 Å². The van der Waals surface area contributed by atoms with Gasteiger partial charge in [-0.1, -0.05) is 26.0 Å². The molecule has 4 atom stereocenters. The number of carbonyl (C=O) groups is 5. The summed E-state index contributed by atoms with van der Waals surface area (Å²) in [6, 6.07) is 1.18. The largest absolute Gasteiger partial charge is 0.508 e. The molecule has 12 nitrogen and oxygen atoms in total. The molecule has 0 radical (unpaired) electrons. The standard InChI is InChI=1S/C21H31N5O7/c1-10(2)17(20(31)24-11(3)21(32)33)26-19(30)15(8-12-4-6-13(27)7-5-12)25-18(29)14(22)9-16(23)28/h4-7,10-11,14-15,17,27H,8-9,22H2,1-3H3,(H2,23,28)(H,24,31)(H,25,29)(H,26,30)(H,32,33). The highest BCUT2D eigenvalue weighted by Crippen LogP contribution is 2.12. The van der Waals surface area contributed by atoms with E-state index in [1.807, 2.05) is 0 Å². The van der Waals surface area contributed by atoms with Crippen molar-refractivity contribution in [1.29, 1.82) is 0 Å². The molecule has 0 aliphatic rings. The monoisotopic (exact) mass is 465 g/mol. The molecule has 1 aromatic carbocycles. The lowest BCUT2D eigenvalue weighted by Gasteiger charge is -2.26. The zero-order valence-corrected chi connectivity index (χ0v) is 18.7. The quantitative estimate of drug-likeness (QED) is 0.189. The predicted octanol–water partition coefficient (Wildman–Crippen LogP) is -1.65. The molecule has 0 bridgehead atoms. The van der Waals surface area contributed by atoms with Crippen LogP contribution in [0.4, 0.5) is 0 Å². The van der Waals surface area contributed by atoms with Crippen LogP contribution < -0.4 is 27.4 Å². The van der Waals surface area contributed by atoms with E-state index in [1.165, 1.54) is 19.1 Å². The van der Waals surface area contributed by atoms with Crippen molar-refractivity contribution < 1.29 is 34.2 Å². The number of aromatic hydroxyl groups is 1. The van der Waals surface area contributed by atoms with E-state index in [4.69, 9.17) is 16.6 Å². The second-order valence-corrected chi connectivity index (χ2v) is 8.01. The minimum atomic E-state index is -1.28. The second kappa shape index (κ2) is 12.4. The van der Waals surface area contributed by atoms with Crippen LogP contribution in [0, 0.1) is 5.92 Å². The number of amides is 4. The van der Waals surface area contributed by atoms with E-state index in [1.54, 1.807) is 26.0 Å². The lowest BCUT2D eigenvalue weighted by molar-refractivity contribution is -0.142. The Bertz CT molecular complexity index is 872. The first-order valence-corrected chi connectivity index (χ1v) is 10.3. The summed E-state index contributed by atoms with van der Waals surface area (Å²) in [5.41, 5.74) is 11.3. The third-order valence-corrected chi connectivity index (χ3v) is 4.74. The summed E-state index contributed by atoms with van der Waals surface area (Å²) in [5, 5.41) is 25.8. The zero-order chi connectivity index (χ0) is 25.3. The molecule has 33 heavy (non-hydrogen) atoms. The Morgan fingerprint density at radius 2 is 1.48 bits per heavy atom. The molecule has 0 aliphatic heterocycles. The Labute approximate surface area is 191 Å². The van der Waals surface area contributed by atoms with Crippen molar-refractivity contribution in [3.05, 3.63) is 29.8 Å². The van der Waals surface area contributed by atoms with Gasteiger partial charge in [0, 0.05) is 6.42 Å². The lowest BCUT2D eigenvalue weighted by Crippen LogP contribution is -2.58. The number of carbonyl (C=O) groups excluding carboxylic acids is 4. The van der Waals surface area contributed by atoms with Gasteiger partial charge in [-0.25, -0.2) is 0 Å². The Balaban J connectivity index is 3.07. The van der Waals surface area contributed by atoms with Crippen molar-refractivity contribution in [2.24, 2.45) is 17.4 Å². The van der Waals surface area contributed by atoms with Crippen LogP contribution in [0.1, 0.15) is 32.8 Å². The first-order valence-electron chi connectivity index (χ1n) is 10.3. The highest BCUT2D eigenvalue weighted by atomic mass is 16.4. The van der Waals surface area contributed by atoms with Crippen molar-refractivity contribution in [2.45, 2.75) is 57.8 Å². The van der Waals surface area contributed by atoms with Gasteiger partial charge < -0.3 is 37.6 Å². The number of rotatable bonds is 12. The number of nitrogens with two attached hydrogens (primary N) is 2. The van der Waals surface area contributed by atoms with Gasteiger partial charge in [-0.05, 0) is 30.5 Å². The van der Waals surface area contributed by atoms with Gasteiger partial charge in [0.25, 0.3) is 0 Å². The number of hydrogen-bond donors (Lipinski definition) is 7. The lowest BCUT2D eigenvalue weighted by atomic mass is 10.00. The van der Waals surface area contributed by atoms with E-state index in [-0.39, 0.29) is 12.2 Å². The molecule has 9 N–H and O–H groups in total. The minimum Gasteiger partial charge on any atom is -0.508 e. The van der Waals surface area contributed by atoms with Crippen LogP contribution >= 0.6 is 0 Å². The normalized spacial score (nSPS) is 14.5. The number of nitrogens with one attached hydrogen (secondary N) is 3. The smallest absolute Gasteiger partial charge is 0.325 e. The number of carboxylic acids is 1. The van der Waals surface area contributed by atoms with Crippen LogP contribution in [-0.2, 0) is 30.4 Å². The van der Waals surface area contributed by atoms with Crippen molar-refractivity contribution in [3.8, 4) is 5.75 Å². The molecular weight excluding hydrogens is 434 g/mol. The zero-order valence-electron chi connectivity index (χ0n) is 18.7.